The van der Waals surface area contributed by atoms with Crippen molar-refractivity contribution in [2.24, 2.45) is 51.8 Å². The van der Waals surface area contributed by atoms with Gasteiger partial charge in [-0.05, 0) is 91.3 Å². The molecule has 0 spiro atoms. The van der Waals surface area contributed by atoms with Crippen LogP contribution in [-0.4, -0.2) is 44.7 Å². The van der Waals surface area contributed by atoms with Crippen LogP contribution >= 0.6 is 0 Å². The Hall–Kier alpha value is -0.650. The second kappa shape index (κ2) is 8.78. The fourth-order valence-corrected chi connectivity index (χ4v) is 9.67. The highest BCUT2D eigenvalue weighted by atomic mass is 16.4. The zero-order valence-corrected chi connectivity index (χ0v) is 21.5. The van der Waals surface area contributed by atoms with Gasteiger partial charge in [-0.25, -0.2) is 0 Å². The van der Waals surface area contributed by atoms with Crippen LogP contribution in [-0.2, 0) is 4.79 Å². The molecule has 0 aromatic heterocycles. The summed E-state index contributed by atoms with van der Waals surface area (Å²) in [6.45, 7) is 11.3. The van der Waals surface area contributed by atoms with Crippen molar-refractivity contribution in [1.82, 2.24) is 0 Å². The largest absolute Gasteiger partial charge is 0.481 e. The normalized spacial score (nSPS) is 50.4. The third-order valence-corrected chi connectivity index (χ3v) is 11.5. The van der Waals surface area contributed by atoms with Crippen molar-refractivity contribution < 1.29 is 25.2 Å². The fraction of sp³-hybridized carbons (Fsp3) is 0.964. The molecular formula is C28H48O5. The van der Waals surface area contributed by atoms with Gasteiger partial charge in [0.15, 0.2) is 0 Å². The lowest BCUT2D eigenvalue weighted by Crippen LogP contribution is -2.67. The van der Waals surface area contributed by atoms with Crippen LogP contribution in [0, 0.1) is 51.8 Å². The molecule has 4 aliphatic rings. The Bertz CT molecular complexity index is 738. The van der Waals surface area contributed by atoms with Crippen molar-refractivity contribution in [2.75, 3.05) is 0 Å². The van der Waals surface area contributed by atoms with Gasteiger partial charge in [0.2, 0.25) is 0 Å². The number of aliphatic carboxylic acids is 1. The lowest BCUT2D eigenvalue weighted by Gasteiger charge is -2.66. The second-order valence-corrected chi connectivity index (χ2v) is 13.4. The van der Waals surface area contributed by atoms with Crippen molar-refractivity contribution >= 4 is 5.97 Å². The molecule has 4 N–H and O–H groups in total. The average Bonchev–Trinajstić information content (AvgIpc) is 3.08. The molecule has 0 amide bonds. The van der Waals surface area contributed by atoms with Crippen LogP contribution in [0.25, 0.3) is 0 Å². The summed E-state index contributed by atoms with van der Waals surface area (Å²) in [6.07, 6.45) is 6.27. The molecule has 4 saturated carbocycles. The summed E-state index contributed by atoms with van der Waals surface area (Å²) >= 11 is 0. The number of aliphatic hydroxyl groups is 3. The molecule has 33 heavy (non-hydrogen) atoms. The van der Waals surface area contributed by atoms with E-state index in [1.807, 2.05) is 0 Å². The number of carboxylic acid groups (broad SMARTS) is 1. The third-order valence-electron chi connectivity index (χ3n) is 11.5. The Balaban J connectivity index is 1.63. The highest BCUT2D eigenvalue weighted by Gasteiger charge is 2.71. The van der Waals surface area contributed by atoms with E-state index in [2.05, 4.69) is 34.6 Å². The molecular weight excluding hydrogens is 416 g/mol. The minimum Gasteiger partial charge on any atom is -0.481 e. The van der Waals surface area contributed by atoms with Gasteiger partial charge in [-0.2, -0.15) is 0 Å². The van der Waals surface area contributed by atoms with Crippen LogP contribution in [0.15, 0.2) is 0 Å². The van der Waals surface area contributed by atoms with Gasteiger partial charge in [-0.3, -0.25) is 4.79 Å². The topological polar surface area (TPSA) is 98.0 Å². The van der Waals surface area contributed by atoms with Crippen LogP contribution in [0.5, 0.6) is 0 Å². The molecule has 4 aliphatic carbocycles. The minimum absolute atomic E-state index is 0.0204. The highest BCUT2D eigenvalue weighted by Crippen LogP contribution is 2.71. The van der Waals surface area contributed by atoms with E-state index in [1.54, 1.807) is 0 Å². The van der Waals surface area contributed by atoms with Gasteiger partial charge in [-0.1, -0.05) is 53.9 Å². The highest BCUT2D eigenvalue weighted by molar-refractivity contribution is 5.76. The summed E-state index contributed by atoms with van der Waals surface area (Å²) in [7, 11) is 0. The predicted octanol–water partition coefficient (Wildman–Crippen LogP) is 4.87. The quantitative estimate of drug-likeness (QED) is 0.450. The average molecular weight is 465 g/mol. The standard InChI is InChI=1S/C28H48O5/c1-16(2)7-6-8-17(3)19-9-10-20-24-21(13-23(31)27(19,20)5)26(4)12-11-18(29)14-28(26,25(32)33)15-22(24)30/h16-24,29-31H,6-15H2,1-5H3,(H,32,33). The molecule has 190 valence electrons. The maximum Gasteiger partial charge on any atom is 0.310 e. The van der Waals surface area contributed by atoms with E-state index in [1.165, 1.54) is 19.3 Å². The summed E-state index contributed by atoms with van der Waals surface area (Å²) < 4.78 is 0. The summed E-state index contributed by atoms with van der Waals surface area (Å²) in [5.41, 5.74) is -1.83. The number of aliphatic hydroxyl groups excluding tert-OH is 3. The van der Waals surface area contributed by atoms with E-state index in [0.29, 0.717) is 37.0 Å². The summed E-state index contributed by atoms with van der Waals surface area (Å²) in [6, 6.07) is 0. The van der Waals surface area contributed by atoms with Gasteiger partial charge >= 0.3 is 5.97 Å². The van der Waals surface area contributed by atoms with E-state index < -0.39 is 35.1 Å². The van der Waals surface area contributed by atoms with Gasteiger partial charge in [0.1, 0.15) is 0 Å². The Morgan fingerprint density at radius 1 is 0.970 bits per heavy atom. The van der Waals surface area contributed by atoms with E-state index in [0.717, 1.165) is 12.8 Å². The molecule has 0 saturated heterocycles. The van der Waals surface area contributed by atoms with Gasteiger partial charge in [0, 0.05) is 0 Å². The molecule has 5 heteroatoms. The van der Waals surface area contributed by atoms with E-state index in [9.17, 15) is 25.2 Å². The summed E-state index contributed by atoms with van der Waals surface area (Å²) in [5.74, 6) is 1.08. The van der Waals surface area contributed by atoms with Crippen LogP contribution in [0.2, 0.25) is 0 Å². The Labute approximate surface area is 200 Å². The van der Waals surface area contributed by atoms with Crippen molar-refractivity contribution in [3.8, 4) is 0 Å². The third kappa shape index (κ3) is 3.71. The molecule has 0 aromatic carbocycles. The molecule has 0 aromatic rings. The van der Waals surface area contributed by atoms with Gasteiger partial charge in [0.25, 0.3) is 0 Å². The molecule has 0 bridgehead atoms. The number of hydrogen-bond acceptors (Lipinski definition) is 4. The number of carboxylic acids is 1. The predicted molar refractivity (Wildman–Crippen MR) is 128 cm³/mol. The Morgan fingerprint density at radius 3 is 2.30 bits per heavy atom. The fourth-order valence-electron chi connectivity index (χ4n) is 9.67. The molecule has 11 unspecified atom stereocenters. The zero-order chi connectivity index (χ0) is 24.3. The SMILES string of the molecule is CC(C)CCCC(C)C1CCC2C3C(O)CC4(C(=O)O)CC(O)CCC4(C)C3CC(O)C12C. The van der Waals surface area contributed by atoms with Crippen molar-refractivity contribution in [3.05, 3.63) is 0 Å². The summed E-state index contributed by atoms with van der Waals surface area (Å²) in [4.78, 5) is 12.7. The smallest absolute Gasteiger partial charge is 0.310 e. The lowest BCUT2D eigenvalue weighted by atomic mass is 9.38. The maximum absolute atomic E-state index is 12.7. The van der Waals surface area contributed by atoms with Crippen molar-refractivity contribution in [2.45, 2.75) is 117 Å². The number of hydrogen-bond donors (Lipinski definition) is 4. The van der Waals surface area contributed by atoms with Gasteiger partial charge < -0.3 is 20.4 Å². The van der Waals surface area contributed by atoms with Crippen LogP contribution in [0.1, 0.15) is 98.8 Å². The molecule has 0 radical (unpaired) electrons. The van der Waals surface area contributed by atoms with Crippen molar-refractivity contribution in [1.29, 1.82) is 0 Å². The first-order valence-electron chi connectivity index (χ1n) is 13.7. The number of rotatable bonds is 6. The van der Waals surface area contributed by atoms with Crippen LogP contribution in [0.3, 0.4) is 0 Å². The second-order valence-electron chi connectivity index (χ2n) is 13.4. The van der Waals surface area contributed by atoms with Crippen LogP contribution < -0.4 is 0 Å². The number of fused-ring (bicyclic) bond motifs is 5. The molecule has 0 heterocycles. The zero-order valence-electron chi connectivity index (χ0n) is 21.5. The van der Waals surface area contributed by atoms with E-state index in [4.69, 9.17) is 0 Å². The van der Waals surface area contributed by atoms with E-state index >= 15 is 0 Å². The molecule has 4 rings (SSSR count). The molecule has 5 nitrogen and oxygen atoms in total. The van der Waals surface area contributed by atoms with Crippen molar-refractivity contribution in [3.63, 3.8) is 0 Å². The Morgan fingerprint density at radius 2 is 1.67 bits per heavy atom. The first kappa shape index (κ1) is 25.4. The van der Waals surface area contributed by atoms with Gasteiger partial charge in [0.05, 0.1) is 23.7 Å². The number of carbonyl (C=O) groups is 1. The lowest BCUT2D eigenvalue weighted by molar-refractivity contribution is -0.242. The van der Waals surface area contributed by atoms with Gasteiger partial charge in [-0.15, -0.1) is 0 Å². The molecule has 0 aliphatic heterocycles. The Kier molecular flexibility index (Phi) is 6.77. The maximum atomic E-state index is 12.7. The first-order chi connectivity index (χ1) is 15.4. The minimum atomic E-state index is -1.11. The van der Waals surface area contributed by atoms with E-state index in [-0.39, 0.29) is 36.0 Å². The summed E-state index contributed by atoms with van der Waals surface area (Å²) in [5, 5.41) is 44.0. The molecule has 4 fully saturated rings. The monoisotopic (exact) mass is 464 g/mol. The van der Waals surface area contributed by atoms with Crippen LogP contribution in [0.4, 0.5) is 0 Å². The first-order valence-corrected chi connectivity index (χ1v) is 13.7. The molecule has 11 atom stereocenters.